The van der Waals surface area contributed by atoms with Crippen molar-refractivity contribution in [1.29, 1.82) is 5.26 Å². The Morgan fingerprint density at radius 3 is 2.90 bits per heavy atom. The van der Waals surface area contributed by atoms with Crippen LogP contribution in [0.2, 0.25) is 5.02 Å². The molecule has 1 amide bonds. The summed E-state index contributed by atoms with van der Waals surface area (Å²) >= 11 is 6.03. The Kier molecular flexibility index (Phi) is 5.96. The molecule has 0 saturated heterocycles. The Balaban J connectivity index is 1.36. The highest BCUT2D eigenvalue weighted by molar-refractivity contribution is 6.31. The first-order chi connectivity index (χ1) is 15.1. The molecular formula is C22H16ClN5O3. The van der Waals surface area contributed by atoms with Gasteiger partial charge in [-0.1, -0.05) is 23.7 Å². The van der Waals surface area contributed by atoms with Gasteiger partial charge in [0.1, 0.15) is 29.0 Å². The molecule has 31 heavy (non-hydrogen) atoms. The summed E-state index contributed by atoms with van der Waals surface area (Å²) in [6, 6.07) is 17.2. The van der Waals surface area contributed by atoms with Crippen molar-refractivity contribution in [3.8, 4) is 29.2 Å². The predicted octanol–water partition coefficient (Wildman–Crippen LogP) is 4.35. The quantitative estimate of drug-likeness (QED) is 0.447. The fourth-order valence-electron chi connectivity index (χ4n) is 2.85. The Hall–Kier alpha value is -4.09. The number of carbonyl (C=O) groups is 1. The van der Waals surface area contributed by atoms with E-state index >= 15 is 0 Å². The number of halogens is 1. The second kappa shape index (κ2) is 9.15. The van der Waals surface area contributed by atoms with Gasteiger partial charge in [-0.05, 0) is 42.5 Å². The molecule has 4 aromatic rings. The third-order valence-electron chi connectivity index (χ3n) is 4.33. The van der Waals surface area contributed by atoms with Crippen LogP contribution in [0.4, 0.5) is 0 Å². The van der Waals surface area contributed by atoms with Crippen LogP contribution in [0.15, 0.2) is 65.3 Å². The number of amides is 1. The van der Waals surface area contributed by atoms with E-state index in [2.05, 4.69) is 20.5 Å². The highest BCUT2D eigenvalue weighted by Gasteiger charge is 2.12. The van der Waals surface area contributed by atoms with Crippen LogP contribution in [0, 0.1) is 11.3 Å². The SMILES string of the molecule is N#Cc1c(Cl)cccc1Oc1cccc(C(=O)NCCc2nc(-c3ccco3)n[nH]2)c1. The minimum atomic E-state index is -0.261. The molecule has 0 aliphatic heterocycles. The van der Waals surface area contributed by atoms with Gasteiger partial charge in [-0.2, -0.15) is 10.4 Å². The molecule has 4 rings (SSSR count). The van der Waals surface area contributed by atoms with Crippen LogP contribution >= 0.6 is 11.6 Å². The van der Waals surface area contributed by atoms with Gasteiger partial charge < -0.3 is 14.5 Å². The molecule has 2 heterocycles. The maximum Gasteiger partial charge on any atom is 0.251 e. The summed E-state index contributed by atoms with van der Waals surface area (Å²) in [5.41, 5.74) is 0.659. The molecule has 2 N–H and O–H groups in total. The van der Waals surface area contributed by atoms with E-state index in [1.165, 1.54) is 0 Å². The van der Waals surface area contributed by atoms with Gasteiger partial charge in [0.15, 0.2) is 5.76 Å². The molecule has 0 atom stereocenters. The van der Waals surface area contributed by atoms with E-state index in [0.717, 1.165) is 0 Å². The molecule has 0 aliphatic carbocycles. The van der Waals surface area contributed by atoms with Gasteiger partial charge in [-0.3, -0.25) is 9.89 Å². The fraction of sp³-hybridized carbons (Fsp3) is 0.0909. The summed E-state index contributed by atoms with van der Waals surface area (Å²) in [6.07, 6.45) is 2.03. The van der Waals surface area contributed by atoms with Crippen molar-refractivity contribution < 1.29 is 13.9 Å². The van der Waals surface area contributed by atoms with Gasteiger partial charge >= 0.3 is 0 Å². The monoisotopic (exact) mass is 433 g/mol. The van der Waals surface area contributed by atoms with Crippen LogP contribution in [0.5, 0.6) is 11.5 Å². The average Bonchev–Trinajstić information content (AvgIpc) is 3.46. The minimum Gasteiger partial charge on any atom is -0.461 e. The van der Waals surface area contributed by atoms with Gasteiger partial charge in [-0.15, -0.1) is 0 Å². The first-order valence-corrected chi connectivity index (χ1v) is 9.72. The van der Waals surface area contributed by atoms with Crippen LogP contribution in [-0.2, 0) is 6.42 Å². The standard InChI is InChI=1S/C22H16ClN5O3/c23-17-6-2-7-18(16(17)13-24)31-15-5-1-4-14(12-15)22(29)25-10-9-20-26-21(28-27-20)19-8-3-11-30-19/h1-8,11-12H,9-10H2,(H,25,29)(H,26,27,28). The molecular weight excluding hydrogens is 418 g/mol. The summed E-state index contributed by atoms with van der Waals surface area (Å²) in [5.74, 6) is 2.16. The smallest absolute Gasteiger partial charge is 0.251 e. The summed E-state index contributed by atoms with van der Waals surface area (Å²) < 4.78 is 11.0. The molecule has 0 saturated carbocycles. The van der Waals surface area contributed by atoms with Crippen molar-refractivity contribution in [2.75, 3.05) is 6.54 Å². The molecule has 0 bridgehead atoms. The van der Waals surface area contributed by atoms with Crippen molar-refractivity contribution in [2.24, 2.45) is 0 Å². The zero-order valence-corrected chi connectivity index (χ0v) is 16.9. The second-order valence-electron chi connectivity index (χ2n) is 6.44. The van der Waals surface area contributed by atoms with Crippen LogP contribution < -0.4 is 10.1 Å². The van der Waals surface area contributed by atoms with Gasteiger partial charge in [-0.25, -0.2) is 4.98 Å². The average molecular weight is 434 g/mol. The number of hydrogen-bond acceptors (Lipinski definition) is 6. The highest BCUT2D eigenvalue weighted by Crippen LogP contribution is 2.30. The van der Waals surface area contributed by atoms with Crippen molar-refractivity contribution >= 4 is 17.5 Å². The number of nitrogens with zero attached hydrogens (tertiary/aromatic N) is 3. The molecule has 0 spiro atoms. The summed E-state index contributed by atoms with van der Waals surface area (Å²) in [5, 5.41) is 19.3. The number of benzene rings is 2. The van der Waals surface area contributed by atoms with E-state index in [-0.39, 0.29) is 11.5 Å². The highest BCUT2D eigenvalue weighted by atomic mass is 35.5. The third-order valence-corrected chi connectivity index (χ3v) is 4.65. The molecule has 2 aromatic carbocycles. The number of aromatic nitrogens is 3. The Bertz CT molecular complexity index is 1240. The lowest BCUT2D eigenvalue weighted by Gasteiger charge is -2.10. The number of aromatic amines is 1. The third kappa shape index (κ3) is 4.74. The molecule has 2 aromatic heterocycles. The molecule has 154 valence electrons. The maximum atomic E-state index is 12.5. The Morgan fingerprint density at radius 2 is 2.10 bits per heavy atom. The van der Waals surface area contributed by atoms with E-state index in [1.54, 1.807) is 60.9 Å². The van der Waals surface area contributed by atoms with Crippen molar-refractivity contribution in [3.05, 3.63) is 82.8 Å². The Labute approximate surface area is 182 Å². The summed E-state index contributed by atoms with van der Waals surface area (Å²) in [6.45, 7) is 0.365. The molecule has 8 nitrogen and oxygen atoms in total. The number of rotatable bonds is 7. The molecule has 0 radical (unpaired) electrons. The molecule has 0 fully saturated rings. The number of ether oxygens (including phenoxy) is 1. The Morgan fingerprint density at radius 1 is 1.23 bits per heavy atom. The first-order valence-electron chi connectivity index (χ1n) is 9.34. The van der Waals surface area contributed by atoms with E-state index in [4.69, 9.17) is 20.8 Å². The lowest BCUT2D eigenvalue weighted by Crippen LogP contribution is -2.25. The summed E-state index contributed by atoms with van der Waals surface area (Å²) in [7, 11) is 0. The van der Waals surface area contributed by atoms with Crippen molar-refractivity contribution in [2.45, 2.75) is 6.42 Å². The largest absolute Gasteiger partial charge is 0.461 e. The minimum absolute atomic E-state index is 0.236. The van der Waals surface area contributed by atoms with Gasteiger partial charge in [0.05, 0.1) is 11.3 Å². The van der Waals surface area contributed by atoms with Gasteiger partial charge in [0.2, 0.25) is 5.82 Å². The lowest BCUT2D eigenvalue weighted by atomic mass is 10.2. The van der Waals surface area contributed by atoms with Crippen LogP contribution in [-0.4, -0.2) is 27.6 Å². The lowest BCUT2D eigenvalue weighted by molar-refractivity contribution is 0.0953. The number of nitrogens with one attached hydrogen (secondary N) is 2. The number of furan rings is 1. The maximum absolute atomic E-state index is 12.5. The zero-order valence-electron chi connectivity index (χ0n) is 16.1. The van der Waals surface area contributed by atoms with Crippen molar-refractivity contribution in [1.82, 2.24) is 20.5 Å². The van der Waals surface area contributed by atoms with E-state index in [9.17, 15) is 10.1 Å². The normalized spacial score (nSPS) is 10.5. The zero-order chi connectivity index (χ0) is 21.6. The molecule has 0 unspecified atom stereocenters. The molecule has 0 aliphatic rings. The number of nitriles is 1. The fourth-order valence-corrected chi connectivity index (χ4v) is 3.05. The number of hydrogen-bond donors (Lipinski definition) is 2. The van der Waals surface area contributed by atoms with E-state index < -0.39 is 0 Å². The summed E-state index contributed by atoms with van der Waals surface area (Å²) in [4.78, 5) is 16.8. The van der Waals surface area contributed by atoms with Crippen LogP contribution in [0.25, 0.3) is 11.6 Å². The first kappa shape index (κ1) is 20.2. The van der Waals surface area contributed by atoms with Crippen LogP contribution in [0.3, 0.4) is 0 Å². The number of carbonyl (C=O) groups excluding carboxylic acids is 1. The predicted molar refractivity (Wildman–Crippen MR) is 113 cm³/mol. The molecule has 9 heteroatoms. The topological polar surface area (TPSA) is 117 Å². The van der Waals surface area contributed by atoms with Gasteiger partial charge in [0.25, 0.3) is 5.91 Å². The van der Waals surface area contributed by atoms with Gasteiger partial charge in [0, 0.05) is 18.5 Å². The number of H-pyrrole nitrogens is 1. The van der Waals surface area contributed by atoms with E-state index in [1.807, 2.05) is 6.07 Å². The van der Waals surface area contributed by atoms with E-state index in [0.29, 0.717) is 52.5 Å². The van der Waals surface area contributed by atoms with Crippen molar-refractivity contribution in [3.63, 3.8) is 0 Å². The second-order valence-corrected chi connectivity index (χ2v) is 6.85. The van der Waals surface area contributed by atoms with Crippen LogP contribution in [0.1, 0.15) is 21.7 Å².